The Hall–Kier alpha value is -1.86. The van der Waals surface area contributed by atoms with Crippen LogP contribution in [0.5, 0.6) is 0 Å². The number of benzene rings is 2. The quantitative estimate of drug-likeness (QED) is 0.597. The molecule has 0 aromatic heterocycles. The molecular weight excluding hydrogens is 448 g/mol. The van der Waals surface area contributed by atoms with Gasteiger partial charge in [0.2, 0.25) is 0 Å². The van der Waals surface area contributed by atoms with Gasteiger partial charge in [0.25, 0.3) is 20.2 Å². The van der Waals surface area contributed by atoms with E-state index in [1.807, 2.05) is 0 Å². The predicted molar refractivity (Wildman–Crippen MR) is 109 cm³/mol. The first kappa shape index (κ1) is 23.8. The van der Waals surface area contributed by atoms with Crippen LogP contribution in [0.3, 0.4) is 0 Å². The second-order valence-electron chi connectivity index (χ2n) is 7.16. The Labute approximate surface area is 181 Å². The third kappa shape index (κ3) is 5.50. The molecule has 9 nitrogen and oxygen atoms in total. The SMILES string of the molecule is CO[C@H]1OC[C@@H](O)[C@H](OS(=O)(=O)c2ccc(C)cc2)[C@H]1OS(=O)(=O)c1ccc(C)cc1. The minimum Gasteiger partial charge on any atom is -0.388 e. The van der Waals surface area contributed by atoms with E-state index >= 15 is 0 Å². The molecule has 1 fully saturated rings. The minimum atomic E-state index is -4.35. The van der Waals surface area contributed by atoms with E-state index in [4.69, 9.17) is 17.8 Å². The maximum Gasteiger partial charge on any atom is 0.297 e. The highest BCUT2D eigenvalue weighted by atomic mass is 32.2. The first-order chi connectivity index (χ1) is 14.5. The summed E-state index contributed by atoms with van der Waals surface area (Å²) in [4.78, 5) is -0.293. The van der Waals surface area contributed by atoms with Gasteiger partial charge in [0, 0.05) is 7.11 Å². The van der Waals surface area contributed by atoms with Crippen molar-refractivity contribution in [3.8, 4) is 0 Å². The molecule has 1 N–H and O–H groups in total. The molecule has 1 saturated heterocycles. The van der Waals surface area contributed by atoms with Crippen molar-refractivity contribution in [3.05, 3.63) is 59.7 Å². The van der Waals surface area contributed by atoms with Crippen molar-refractivity contribution in [2.45, 2.75) is 48.2 Å². The fourth-order valence-corrected chi connectivity index (χ4v) is 5.18. The third-order valence-electron chi connectivity index (χ3n) is 4.73. The van der Waals surface area contributed by atoms with Crippen LogP contribution in [0.25, 0.3) is 0 Å². The Morgan fingerprint density at radius 1 is 0.806 bits per heavy atom. The Bertz CT molecular complexity index is 1090. The predicted octanol–water partition coefficient (Wildman–Crippen LogP) is 1.52. The first-order valence-corrected chi connectivity index (χ1v) is 12.2. The Kier molecular flexibility index (Phi) is 7.16. The molecule has 31 heavy (non-hydrogen) atoms. The molecule has 3 rings (SSSR count). The molecule has 0 bridgehead atoms. The van der Waals surface area contributed by atoms with Crippen LogP contribution in [0.15, 0.2) is 58.3 Å². The number of hydrogen-bond acceptors (Lipinski definition) is 9. The van der Waals surface area contributed by atoms with Crippen molar-refractivity contribution in [1.82, 2.24) is 0 Å². The lowest BCUT2D eigenvalue weighted by molar-refractivity contribution is -0.248. The van der Waals surface area contributed by atoms with Gasteiger partial charge in [0.1, 0.15) is 12.2 Å². The van der Waals surface area contributed by atoms with Crippen molar-refractivity contribution in [1.29, 1.82) is 0 Å². The van der Waals surface area contributed by atoms with Crippen LogP contribution < -0.4 is 0 Å². The smallest absolute Gasteiger partial charge is 0.297 e. The average Bonchev–Trinajstić information content (AvgIpc) is 2.71. The second kappa shape index (κ2) is 9.33. The van der Waals surface area contributed by atoms with Crippen molar-refractivity contribution in [3.63, 3.8) is 0 Å². The molecule has 2 aromatic rings. The monoisotopic (exact) mass is 472 g/mol. The van der Waals surface area contributed by atoms with Crippen LogP contribution in [-0.2, 0) is 38.1 Å². The van der Waals surface area contributed by atoms with Crippen LogP contribution in [0.2, 0.25) is 0 Å². The summed E-state index contributed by atoms with van der Waals surface area (Å²) in [5.41, 5.74) is 1.69. The normalized spacial score (nSPS) is 24.8. The minimum absolute atomic E-state index is 0.145. The molecule has 1 aliphatic rings. The highest BCUT2D eigenvalue weighted by Gasteiger charge is 2.47. The van der Waals surface area contributed by atoms with E-state index in [9.17, 15) is 21.9 Å². The number of ether oxygens (including phenoxy) is 2. The molecule has 1 aliphatic heterocycles. The van der Waals surface area contributed by atoms with Crippen LogP contribution in [0.4, 0.5) is 0 Å². The molecule has 0 unspecified atom stereocenters. The maximum atomic E-state index is 12.8. The molecule has 0 spiro atoms. The first-order valence-electron chi connectivity index (χ1n) is 9.36. The van der Waals surface area contributed by atoms with Gasteiger partial charge in [-0.05, 0) is 38.1 Å². The van der Waals surface area contributed by atoms with Crippen LogP contribution >= 0.6 is 0 Å². The van der Waals surface area contributed by atoms with Crippen molar-refractivity contribution >= 4 is 20.2 Å². The number of aliphatic hydroxyl groups excluding tert-OH is 1. The van der Waals surface area contributed by atoms with Gasteiger partial charge in [0.05, 0.1) is 16.4 Å². The number of methoxy groups -OCH3 is 1. The number of aryl methyl sites for hydroxylation is 2. The number of rotatable bonds is 7. The topological polar surface area (TPSA) is 125 Å². The van der Waals surface area contributed by atoms with Crippen LogP contribution in [-0.4, -0.2) is 60.3 Å². The zero-order valence-electron chi connectivity index (χ0n) is 17.2. The van der Waals surface area contributed by atoms with Gasteiger partial charge in [-0.25, -0.2) is 0 Å². The van der Waals surface area contributed by atoms with Gasteiger partial charge >= 0.3 is 0 Å². The number of aliphatic hydroxyl groups is 1. The largest absolute Gasteiger partial charge is 0.388 e. The molecule has 0 aliphatic carbocycles. The van der Waals surface area contributed by atoms with E-state index in [0.29, 0.717) is 0 Å². The van der Waals surface area contributed by atoms with Gasteiger partial charge in [-0.3, -0.25) is 8.37 Å². The Morgan fingerprint density at radius 3 is 1.65 bits per heavy atom. The number of hydrogen-bond donors (Lipinski definition) is 1. The summed E-state index contributed by atoms with van der Waals surface area (Å²) < 4.78 is 72.0. The van der Waals surface area contributed by atoms with E-state index in [2.05, 4.69) is 0 Å². The summed E-state index contributed by atoms with van der Waals surface area (Å²) in [6.45, 7) is 3.25. The maximum absolute atomic E-state index is 12.8. The molecule has 170 valence electrons. The molecule has 0 amide bonds. The fraction of sp³-hybridized carbons (Fsp3) is 0.400. The van der Waals surface area contributed by atoms with E-state index < -0.39 is 44.8 Å². The zero-order valence-corrected chi connectivity index (χ0v) is 18.8. The molecule has 4 atom stereocenters. The lowest BCUT2D eigenvalue weighted by atomic mass is 10.1. The summed E-state index contributed by atoms with van der Waals surface area (Å²) in [5.74, 6) is 0. The summed E-state index contributed by atoms with van der Waals surface area (Å²) in [6, 6.07) is 11.8. The molecular formula is C20H24O9S2. The van der Waals surface area contributed by atoms with Crippen molar-refractivity contribution in [2.24, 2.45) is 0 Å². The summed E-state index contributed by atoms with van der Waals surface area (Å²) in [7, 11) is -7.45. The zero-order chi connectivity index (χ0) is 22.8. The highest BCUT2D eigenvalue weighted by Crippen LogP contribution is 2.29. The fourth-order valence-electron chi connectivity index (χ4n) is 2.99. The summed E-state index contributed by atoms with van der Waals surface area (Å²) in [5, 5.41) is 10.4. The van der Waals surface area contributed by atoms with Crippen LogP contribution in [0, 0.1) is 13.8 Å². The summed E-state index contributed by atoms with van der Waals surface area (Å²) >= 11 is 0. The molecule has 2 aromatic carbocycles. The van der Waals surface area contributed by atoms with Gasteiger partial charge in [-0.15, -0.1) is 0 Å². The summed E-state index contributed by atoms with van der Waals surface area (Å²) in [6.07, 6.45) is -5.95. The van der Waals surface area contributed by atoms with E-state index in [1.54, 1.807) is 38.1 Å². The third-order valence-corrected chi connectivity index (χ3v) is 7.38. The van der Waals surface area contributed by atoms with E-state index in [-0.39, 0.29) is 16.4 Å². The van der Waals surface area contributed by atoms with Gasteiger partial charge in [-0.1, -0.05) is 35.4 Å². The van der Waals surface area contributed by atoms with Gasteiger partial charge in [-0.2, -0.15) is 16.8 Å². The van der Waals surface area contributed by atoms with E-state index in [1.165, 1.54) is 31.4 Å². The standard InChI is InChI=1S/C20H24O9S2/c1-13-4-8-15(9-5-13)30(22,23)28-18-17(21)12-27-20(26-3)19(18)29-31(24,25)16-10-6-14(2)7-11-16/h4-11,17-21H,12H2,1-3H3/t17-,18+,19-,20+/m1/s1. The average molecular weight is 473 g/mol. The molecule has 1 heterocycles. The Balaban J connectivity index is 1.92. The Morgan fingerprint density at radius 2 is 1.23 bits per heavy atom. The lowest BCUT2D eigenvalue weighted by Gasteiger charge is -2.38. The second-order valence-corrected chi connectivity index (χ2v) is 10.3. The van der Waals surface area contributed by atoms with E-state index in [0.717, 1.165) is 11.1 Å². The molecule has 0 radical (unpaired) electrons. The highest BCUT2D eigenvalue weighted by molar-refractivity contribution is 7.87. The lowest BCUT2D eigenvalue weighted by Crippen LogP contribution is -2.56. The van der Waals surface area contributed by atoms with Gasteiger partial charge < -0.3 is 14.6 Å². The van der Waals surface area contributed by atoms with Crippen molar-refractivity contribution in [2.75, 3.05) is 13.7 Å². The molecule has 0 saturated carbocycles. The van der Waals surface area contributed by atoms with Crippen LogP contribution in [0.1, 0.15) is 11.1 Å². The van der Waals surface area contributed by atoms with Crippen molar-refractivity contribution < 1.29 is 39.8 Å². The molecule has 11 heteroatoms. The van der Waals surface area contributed by atoms with Gasteiger partial charge in [0.15, 0.2) is 12.4 Å².